The molecule has 1 aliphatic rings. The van der Waals surface area contributed by atoms with E-state index in [0.717, 1.165) is 9.26 Å². The molecule has 1 N–H and O–H groups in total. The quantitative estimate of drug-likeness (QED) is 0.814. The van der Waals surface area contributed by atoms with E-state index in [1.165, 1.54) is 25.3 Å². The Labute approximate surface area is 103 Å². The predicted molar refractivity (Wildman–Crippen MR) is 67.6 cm³/mol. The molecule has 0 spiro atoms. The highest BCUT2D eigenvalue weighted by atomic mass is 127. The Morgan fingerprint density at radius 1 is 1.36 bits per heavy atom. The fourth-order valence-corrected chi connectivity index (χ4v) is 2.01. The Morgan fingerprint density at radius 3 is 2.57 bits per heavy atom. The zero-order valence-electron chi connectivity index (χ0n) is 7.59. The van der Waals surface area contributed by atoms with Gasteiger partial charge in [-0.05, 0) is 60.1 Å². The maximum atomic E-state index is 12.7. The normalized spacial score (nSPS) is 15.6. The molecule has 1 aliphatic carbocycles. The van der Waals surface area contributed by atoms with Crippen LogP contribution < -0.4 is 5.32 Å². The van der Waals surface area contributed by atoms with Crippen LogP contribution in [0.2, 0.25) is 0 Å². The first-order chi connectivity index (χ1) is 6.25. The SMILES string of the molecule is Cl.Fc1ccc(NC2CCC2)c(I)c1. The van der Waals surface area contributed by atoms with Crippen LogP contribution in [0.4, 0.5) is 10.1 Å². The van der Waals surface area contributed by atoms with Gasteiger partial charge in [0.15, 0.2) is 0 Å². The summed E-state index contributed by atoms with van der Waals surface area (Å²) in [6.07, 6.45) is 3.80. The van der Waals surface area contributed by atoms with Crippen LogP contribution in [0.1, 0.15) is 19.3 Å². The molecule has 0 unspecified atom stereocenters. The van der Waals surface area contributed by atoms with Crippen LogP contribution in [-0.4, -0.2) is 6.04 Å². The smallest absolute Gasteiger partial charge is 0.124 e. The van der Waals surface area contributed by atoms with Crippen LogP contribution >= 0.6 is 35.0 Å². The number of hydrogen-bond donors (Lipinski definition) is 1. The molecule has 0 amide bonds. The second kappa shape index (κ2) is 5.16. The lowest BCUT2D eigenvalue weighted by Gasteiger charge is -2.27. The van der Waals surface area contributed by atoms with Crippen molar-refractivity contribution in [3.8, 4) is 0 Å². The lowest BCUT2D eigenvalue weighted by Crippen LogP contribution is -2.27. The van der Waals surface area contributed by atoms with Gasteiger partial charge in [-0.3, -0.25) is 0 Å². The van der Waals surface area contributed by atoms with Gasteiger partial charge in [-0.25, -0.2) is 4.39 Å². The highest BCUT2D eigenvalue weighted by Gasteiger charge is 2.17. The molecular formula is C10H12ClFIN. The first kappa shape index (κ1) is 12.0. The molecule has 0 saturated heterocycles. The first-order valence-electron chi connectivity index (χ1n) is 4.47. The van der Waals surface area contributed by atoms with E-state index in [-0.39, 0.29) is 18.2 Å². The van der Waals surface area contributed by atoms with E-state index in [1.807, 2.05) is 6.07 Å². The van der Waals surface area contributed by atoms with Crippen LogP contribution in [0.25, 0.3) is 0 Å². The summed E-state index contributed by atoms with van der Waals surface area (Å²) in [6.45, 7) is 0. The molecular weight excluding hydrogens is 315 g/mol. The highest BCUT2D eigenvalue weighted by Crippen LogP contribution is 2.26. The molecule has 1 fully saturated rings. The Balaban J connectivity index is 0.000000980. The topological polar surface area (TPSA) is 12.0 Å². The molecule has 1 saturated carbocycles. The van der Waals surface area contributed by atoms with Crippen molar-refractivity contribution in [2.75, 3.05) is 5.32 Å². The van der Waals surface area contributed by atoms with E-state index in [2.05, 4.69) is 27.9 Å². The minimum absolute atomic E-state index is 0. The molecule has 1 nitrogen and oxygen atoms in total. The van der Waals surface area contributed by atoms with Crippen molar-refractivity contribution in [3.05, 3.63) is 27.6 Å². The largest absolute Gasteiger partial charge is 0.381 e. The molecule has 0 aromatic heterocycles. The fraction of sp³-hybridized carbons (Fsp3) is 0.400. The van der Waals surface area contributed by atoms with Crippen molar-refractivity contribution in [2.24, 2.45) is 0 Å². The molecule has 0 atom stereocenters. The second-order valence-corrected chi connectivity index (χ2v) is 4.56. The number of anilines is 1. The molecule has 0 heterocycles. The number of rotatable bonds is 2. The molecule has 2 rings (SSSR count). The number of halogens is 3. The maximum Gasteiger partial charge on any atom is 0.124 e. The Hall–Kier alpha value is -0.0300. The summed E-state index contributed by atoms with van der Waals surface area (Å²) in [5.74, 6) is -0.163. The van der Waals surface area contributed by atoms with Crippen LogP contribution in [0.15, 0.2) is 18.2 Å². The molecule has 1 aromatic rings. The van der Waals surface area contributed by atoms with Gasteiger partial charge in [-0.15, -0.1) is 12.4 Å². The average Bonchev–Trinajstić information content (AvgIpc) is 1.99. The van der Waals surface area contributed by atoms with Gasteiger partial charge in [0, 0.05) is 15.3 Å². The van der Waals surface area contributed by atoms with Crippen molar-refractivity contribution in [1.29, 1.82) is 0 Å². The van der Waals surface area contributed by atoms with E-state index < -0.39 is 0 Å². The van der Waals surface area contributed by atoms with E-state index in [1.54, 1.807) is 6.07 Å². The van der Waals surface area contributed by atoms with Crippen LogP contribution in [0, 0.1) is 9.39 Å². The van der Waals surface area contributed by atoms with Gasteiger partial charge in [-0.1, -0.05) is 0 Å². The molecule has 4 heteroatoms. The van der Waals surface area contributed by atoms with Crippen molar-refractivity contribution in [2.45, 2.75) is 25.3 Å². The number of benzene rings is 1. The van der Waals surface area contributed by atoms with Gasteiger partial charge in [0.05, 0.1) is 0 Å². The average molecular weight is 328 g/mol. The minimum Gasteiger partial charge on any atom is -0.381 e. The zero-order chi connectivity index (χ0) is 9.26. The van der Waals surface area contributed by atoms with Gasteiger partial charge in [-0.2, -0.15) is 0 Å². The summed E-state index contributed by atoms with van der Waals surface area (Å²) >= 11 is 2.16. The van der Waals surface area contributed by atoms with Gasteiger partial charge < -0.3 is 5.32 Å². The first-order valence-corrected chi connectivity index (χ1v) is 5.55. The Kier molecular flexibility index (Phi) is 4.44. The molecule has 14 heavy (non-hydrogen) atoms. The van der Waals surface area contributed by atoms with Crippen LogP contribution in [0.5, 0.6) is 0 Å². The monoisotopic (exact) mass is 327 g/mol. The number of hydrogen-bond acceptors (Lipinski definition) is 1. The Morgan fingerprint density at radius 2 is 2.07 bits per heavy atom. The summed E-state index contributed by atoms with van der Waals surface area (Å²) < 4.78 is 13.7. The molecule has 1 aromatic carbocycles. The van der Waals surface area contributed by atoms with Crippen LogP contribution in [0.3, 0.4) is 0 Å². The molecule has 0 radical (unpaired) electrons. The fourth-order valence-electron chi connectivity index (χ4n) is 1.38. The van der Waals surface area contributed by atoms with Crippen molar-refractivity contribution >= 4 is 40.7 Å². The van der Waals surface area contributed by atoms with E-state index >= 15 is 0 Å². The van der Waals surface area contributed by atoms with Crippen molar-refractivity contribution in [1.82, 2.24) is 0 Å². The van der Waals surface area contributed by atoms with E-state index in [0.29, 0.717) is 6.04 Å². The third-order valence-electron chi connectivity index (χ3n) is 2.40. The van der Waals surface area contributed by atoms with Gasteiger partial charge in [0.25, 0.3) is 0 Å². The molecule has 0 bridgehead atoms. The number of nitrogens with one attached hydrogen (secondary N) is 1. The third-order valence-corrected chi connectivity index (χ3v) is 3.29. The minimum atomic E-state index is -0.163. The highest BCUT2D eigenvalue weighted by molar-refractivity contribution is 14.1. The Bertz CT molecular complexity index is 315. The standard InChI is InChI=1S/C10H11FIN.ClH/c11-7-4-5-10(9(12)6-7)13-8-2-1-3-8;/h4-6,8,13H,1-3H2;1H. The van der Waals surface area contributed by atoms with E-state index in [9.17, 15) is 4.39 Å². The van der Waals surface area contributed by atoms with E-state index in [4.69, 9.17) is 0 Å². The van der Waals surface area contributed by atoms with Crippen molar-refractivity contribution < 1.29 is 4.39 Å². The lowest BCUT2D eigenvalue weighted by atomic mass is 9.93. The van der Waals surface area contributed by atoms with Gasteiger partial charge in [0.2, 0.25) is 0 Å². The summed E-state index contributed by atoms with van der Waals surface area (Å²) in [6, 6.07) is 5.49. The van der Waals surface area contributed by atoms with Gasteiger partial charge >= 0.3 is 0 Å². The zero-order valence-corrected chi connectivity index (χ0v) is 10.6. The summed E-state index contributed by atoms with van der Waals surface area (Å²) in [5, 5.41) is 3.40. The molecule has 78 valence electrons. The summed E-state index contributed by atoms with van der Waals surface area (Å²) in [4.78, 5) is 0. The van der Waals surface area contributed by atoms with Gasteiger partial charge in [0.1, 0.15) is 5.82 Å². The lowest BCUT2D eigenvalue weighted by molar-refractivity contribution is 0.445. The summed E-state index contributed by atoms with van der Waals surface area (Å²) in [7, 11) is 0. The second-order valence-electron chi connectivity index (χ2n) is 3.40. The van der Waals surface area contributed by atoms with Crippen LogP contribution in [-0.2, 0) is 0 Å². The summed E-state index contributed by atoms with van der Waals surface area (Å²) in [5.41, 5.74) is 1.06. The maximum absolute atomic E-state index is 12.7. The third kappa shape index (κ3) is 2.73. The molecule has 0 aliphatic heterocycles. The van der Waals surface area contributed by atoms with Crippen molar-refractivity contribution in [3.63, 3.8) is 0 Å². The predicted octanol–water partition coefficient (Wildman–Crippen LogP) is 3.82.